The minimum Gasteiger partial charge on any atom is -0.284 e. The van der Waals surface area contributed by atoms with Crippen molar-refractivity contribution in [3.05, 3.63) is 78.2 Å². The summed E-state index contributed by atoms with van der Waals surface area (Å²) in [7, 11) is 0. The van der Waals surface area contributed by atoms with Gasteiger partial charge in [-0.25, -0.2) is 9.97 Å². The summed E-state index contributed by atoms with van der Waals surface area (Å²) in [5, 5.41) is 9.37. The van der Waals surface area contributed by atoms with Gasteiger partial charge in [0.05, 0.1) is 23.5 Å². The van der Waals surface area contributed by atoms with Crippen LogP contribution >= 0.6 is 0 Å². The number of imidazole rings is 1. The Morgan fingerprint density at radius 2 is 1.81 bits per heavy atom. The molecular formula is C22H18N4. The monoisotopic (exact) mass is 338 g/mol. The fourth-order valence-electron chi connectivity index (χ4n) is 3.10. The standard InChI is InChI=1S/C22H18N4/c1-15(2)20-10-11-26-21(14-24-22(26)25-20)17-8-5-7-16(12-17)19-9-4-3-6-18(19)13-23/h3-12,14-15H,1-2H3. The molecule has 0 amide bonds. The van der Waals surface area contributed by atoms with Crippen LogP contribution in [0.3, 0.4) is 0 Å². The topological polar surface area (TPSA) is 54.0 Å². The molecule has 0 spiro atoms. The summed E-state index contributed by atoms with van der Waals surface area (Å²) in [6.07, 6.45) is 3.87. The molecule has 4 aromatic rings. The van der Waals surface area contributed by atoms with Gasteiger partial charge >= 0.3 is 0 Å². The summed E-state index contributed by atoms with van der Waals surface area (Å²) >= 11 is 0. The van der Waals surface area contributed by atoms with E-state index in [1.165, 1.54) is 0 Å². The first-order valence-corrected chi connectivity index (χ1v) is 8.61. The van der Waals surface area contributed by atoms with Gasteiger partial charge in [0, 0.05) is 17.5 Å². The number of nitrogens with zero attached hydrogens (tertiary/aromatic N) is 4. The van der Waals surface area contributed by atoms with E-state index in [1.54, 1.807) is 0 Å². The Kier molecular flexibility index (Phi) is 3.98. The van der Waals surface area contributed by atoms with E-state index in [2.05, 4.69) is 42.0 Å². The fraction of sp³-hybridized carbons (Fsp3) is 0.136. The van der Waals surface area contributed by atoms with Crippen LogP contribution in [0.1, 0.15) is 31.0 Å². The Balaban J connectivity index is 1.83. The number of aromatic nitrogens is 3. The molecule has 0 aliphatic heterocycles. The molecule has 0 unspecified atom stereocenters. The summed E-state index contributed by atoms with van der Waals surface area (Å²) in [5.41, 5.74) is 5.69. The molecular weight excluding hydrogens is 320 g/mol. The van der Waals surface area contributed by atoms with Gasteiger partial charge in [0.2, 0.25) is 5.78 Å². The maximum Gasteiger partial charge on any atom is 0.234 e. The van der Waals surface area contributed by atoms with Gasteiger partial charge in [-0.1, -0.05) is 50.2 Å². The average molecular weight is 338 g/mol. The van der Waals surface area contributed by atoms with Crippen molar-refractivity contribution in [2.75, 3.05) is 0 Å². The molecule has 0 saturated heterocycles. The van der Waals surface area contributed by atoms with Gasteiger partial charge in [0.15, 0.2) is 0 Å². The third kappa shape index (κ3) is 2.74. The molecule has 126 valence electrons. The van der Waals surface area contributed by atoms with Gasteiger partial charge < -0.3 is 0 Å². The van der Waals surface area contributed by atoms with Crippen LogP contribution in [0.2, 0.25) is 0 Å². The number of hydrogen-bond donors (Lipinski definition) is 0. The number of hydrogen-bond acceptors (Lipinski definition) is 3. The Morgan fingerprint density at radius 1 is 1.00 bits per heavy atom. The van der Waals surface area contributed by atoms with Crippen molar-refractivity contribution >= 4 is 5.78 Å². The van der Waals surface area contributed by atoms with Crippen molar-refractivity contribution in [2.24, 2.45) is 0 Å². The molecule has 26 heavy (non-hydrogen) atoms. The molecule has 0 aliphatic rings. The highest BCUT2D eigenvalue weighted by Gasteiger charge is 2.11. The van der Waals surface area contributed by atoms with Crippen LogP contribution in [0.15, 0.2) is 67.0 Å². The van der Waals surface area contributed by atoms with E-state index in [0.29, 0.717) is 17.3 Å². The van der Waals surface area contributed by atoms with Crippen molar-refractivity contribution in [1.82, 2.24) is 14.4 Å². The summed E-state index contributed by atoms with van der Waals surface area (Å²) < 4.78 is 2.00. The van der Waals surface area contributed by atoms with Crippen molar-refractivity contribution in [3.8, 4) is 28.5 Å². The van der Waals surface area contributed by atoms with Crippen LogP contribution in [0.25, 0.3) is 28.2 Å². The highest BCUT2D eigenvalue weighted by molar-refractivity contribution is 5.75. The van der Waals surface area contributed by atoms with Gasteiger partial charge in [-0.15, -0.1) is 0 Å². The maximum absolute atomic E-state index is 9.37. The van der Waals surface area contributed by atoms with Crippen LogP contribution in [-0.2, 0) is 0 Å². The van der Waals surface area contributed by atoms with Crippen LogP contribution in [-0.4, -0.2) is 14.4 Å². The van der Waals surface area contributed by atoms with E-state index in [9.17, 15) is 5.26 Å². The number of benzene rings is 2. The van der Waals surface area contributed by atoms with Crippen LogP contribution in [0.4, 0.5) is 0 Å². The summed E-state index contributed by atoms with van der Waals surface area (Å²) in [6.45, 7) is 4.25. The number of rotatable bonds is 3. The average Bonchev–Trinajstić information content (AvgIpc) is 3.11. The molecule has 4 heteroatoms. The summed E-state index contributed by atoms with van der Waals surface area (Å²) in [4.78, 5) is 9.11. The molecule has 0 fully saturated rings. The maximum atomic E-state index is 9.37. The summed E-state index contributed by atoms with van der Waals surface area (Å²) in [5.74, 6) is 1.07. The molecule has 0 radical (unpaired) electrons. The second kappa shape index (κ2) is 6.45. The third-order valence-corrected chi connectivity index (χ3v) is 4.51. The van der Waals surface area contributed by atoms with E-state index in [0.717, 1.165) is 28.1 Å². The zero-order chi connectivity index (χ0) is 18.1. The van der Waals surface area contributed by atoms with Crippen molar-refractivity contribution in [3.63, 3.8) is 0 Å². The largest absolute Gasteiger partial charge is 0.284 e. The molecule has 4 rings (SSSR count). The first-order chi connectivity index (χ1) is 12.7. The second-order valence-corrected chi connectivity index (χ2v) is 6.56. The molecule has 2 aromatic carbocycles. The lowest BCUT2D eigenvalue weighted by atomic mass is 9.98. The van der Waals surface area contributed by atoms with E-state index in [-0.39, 0.29) is 0 Å². The SMILES string of the molecule is CC(C)c1ccn2c(-c3cccc(-c4ccccc4C#N)c3)cnc2n1. The Morgan fingerprint density at radius 3 is 2.62 bits per heavy atom. The Labute approximate surface area is 152 Å². The fourth-order valence-corrected chi connectivity index (χ4v) is 3.10. The molecule has 0 N–H and O–H groups in total. The lowest BCUT2D eigenvalue weighted by Gasteiger charge is -2.08. The van der Waals surface area contributed by atoms with Crippen LogP contribution in [0, 0.1) is 11.3 Å². The Hall–Kier alpha value is -3.45. The van der Waals surface area contributed by atoms with Crippen LogP contribution in [0.5, 0.6) is 0 Å². The number of nitriles is 1. The Bertz CT molecular complexity index is 1130. The van der Waals surface area contributed by atoms with Crippen LogP contribution < -0.4 is 0 Å². The van der Waals surface area contributed by atoms with Gasteiger partial charge in [0.25, 0.3) is 0 Å². The first-order valence-electron chi connectivity index (χ1n) is 8.61. The summed E-state index contributed by atoms with van der Waals surface area (Å²) in [6, 6.07) is 20.1. The molecule has 2 aromatic heterocycles. The van der Waals surface area contributed by atoms with E-state index < -0.39 is 0 Å². The van der Waals surface area contributed by atoms with Crippen molar-refractivity contribution in [1.29, 1.82) is 5.26 Å². The molecule has 0 saturated carbocycles. The lowest BCUT2D eigenvalue weighted by molar-refractivity contribution is 0.817. The molecule has 0 atom stereocenters. The van der Waals surface area contributed by atoms with Gasteiger partial charge in [-0.05, 0) is 35.2 Å². The molecule has 0 bridgehead atoms. The van der Waals surface area contributed by atoms with Crippen molar-refractivity contribution < 1.29 is 0 Å². The smallest absolute Gasteiger partial charge is 0.234 e. The molecule has 4 nitrogen and oxygen atoms in total. The van der Waals surface area contributed by atoms with Crippen molar-refractivity contribution in [2.45, 2.75) is 19.8 Å². The highest BCUT2D eigenvalue weighted by atomic mass is 15.1. The minimum absolute atomic E-state index is 0.367. The highest BCUT2D eigenvalue weighted by Crippen LogP contribution is 2.29. The lowest BCUT2D eigenvalue weighted by Crippen LogP contribution is -1.97. The van der Waals surface area contributed by atoms with Gasteiger partial charge in [-0.2, -0.15) is 5.26 Å². The van der Waals surface area contributed by atoms with E-state index in [1.807, 2.05) is 59.3 Å². The zero-order valence-electron chi connectivity index (χ0n) is 14.7. The number of fused-ring (bicyclic) bond motifs is 1. The van der Waals surface area contributed by atoms with E-state index >= 15 is 0 Å². The first kappa shape index (κ1) is 16.0. The molecule has 2 heterocycles. The third-order valence-electron chi connectivity index (χ3n) is 4.51. The van der Waals surface area contributed by atoms with Gasteiger partial charge in [0.1, 0.15) is 0 Å². The van der Waals surface area contributed by atoms with E-state index in [4.69, 9.17) is 0 Å². The molecule has 0 aliphatic carbocycles. The normalized spacial score (nSPS) is 11.0. The minimum atomic E-state index is 0.367. The second-order valence-electron chi connectivity index (χ2n) is 6.56. The van der Waals surface area contributed by atoms with Gasteiger partial charge in [-0.3, -0.25) is 4.40 Å². The zero-order valence-corrected chi connectivity index (χ0v) is 14.7. The quantitative estimate of drug-likeness (QED) is 0.525. The predicted octanol–water partition coefficient (Wildman–Crippen LogP) is 5.06. The predicted molar refractivity (Wildman–Crippen MR) is 103 cm³/mol.